The Morgan fingerprint density at radius 1 is 1.45 bits per heavy atom. The molecule has 1 fully saturated rings. The van der Waals surface area contributed by atoms with Crippen LogP contribution in [0, 0.1) is 5.92 Å². The van der Waals surface area contributed by atoms with Crippen molar-refractivity contribution >= 4 is 21.5 Å². The lowest BCUT2D eigenvalue weighted by Gasteiger charge is -2.30. The third-order valence-electron chi connectivity index (χ3n) is 3.81. The van der Waals surface area contributed by atoms with Crippen LogP contribution >= 0.6 is 11.3 Å². The molecular formula is C13H22N2O3S2. The molecule has 0 radical (unpaired) electrons. The van der Waals surface area contributed by atoms with E-state index in [0.717, 1.165) is 24.1 Å². The predicted octanol–water partition coefficient (Wildman–Crippen LogP) is 1.35. The molecule has 2 N–H and O–H groups in total. The molecule has 1 aliphatic rings. The Balaban J connectivity index is 1.91. The topological polar surface area (TPSA) is 69.6 Å². The minimum atomic E-state index is -3.41. The van der Waals surface area contributed by atoms with E-state index >= 15 is 0 Å². The fourth-order valence-corrected chi connectivity index (χ4v) is 4.63. The maximum Gasteiger partial charge on any atom is 0.279 e. The fourth-order valence-electron chi connectivity index (χ4n) is 2.42. The van der Waals surface area contributed by atoms with Crippen molar-refractivity contribution in [3.8, 4) is 0 Å². The number of aliphatic hydroxyl groups excluding tert-OH is 1. The second-order valence-corrected chi connectivity index (χ2v) is 7.83. The summed E-state index contributed by atoms with van der Waals surface area (Å²) in [6.07, 6.45) is 2.38. The molecule has 5 nitrogen and oxygen atoms in total. The summed E-state index contributed by atoms with van der Waals surface area (Å²) in [5.41, 5.74) is 1.21. The van der Waals surface area contributed by atoms with E-state index in [1.165, 1.54) is 9.87 Å². The molecule has 7 heteroatoms. The van der Waals surface area contributed by atoms with Crippen LogP contribution in [0.1, 0.15) is 30.2 Å². The first-order chi connectivity index (χ1) is 9.56. The van der Waals surface area contributed by atoms with Crippen molar-refractivity contribution in [2.45, 2.75) is 32.7 Å². The van der Waals surface area contributed by atoms with E-state index in [4.69, 9.17) is 5.11 Å². The van der Waals surface area contributed by atoms with E-state index in [1.807, 2.05) is 11.4 Å². The van der Waals surface area contributed by atoms with Crippen molar-refractivity contribution in [2.24, 2.45) is 5.92 Å². The molecule has 1 aromatic rings. The molecular weight excluding hydrogens is 296 g/mol. The average molecular weight is 318 g/mol. The van der Waals surface area contributed by atoms with Gasteiger partial charge in [0.15, 0.2) is 0 Å². The molecule has 0 atom stereocenters. The highest BCUT2D eigenvalue weighted by atomic mass is 32.2. The zero-order valence-corrected chi connectivity index (χ0v) is 13.3. The molecule has 0 unspecified atom stereocenters. The lowest BCUT2D eigenvalue weighted by molar-refractivity contribution is 0.169. The second-order valence-electron chi connectivity index (χ2n) is 5.07. The summed E-state index contributed by atoms with van der Waals surface area (Å²) < 4.78 is 28.6. The first-order valence-electron chi connectivity index (χ1n) is 6.97. The summed E-state index contributed by atoms with van der Waals surface area (Å²) in [6, 6.07) is 2.04. The van der Waals surface area contributed by atoms with Gasteiger partial charge < -0.3 is 5.11 Å². The highest BCUT2D eigenvalue weighted by Crippen LogP contribution is 2.20. The van der Waals surface area contributed by atoms with Crippen molar-refractivity contribution in [2.75, 3.05) is 19.7 Å². The van der Waals surface area contributed by atoms with E-state index in [1.54, 1.807) is 11.3 Å². The third kappa shape index (κ3) is 3.79. The van der Waals surface area contributed by atoms with Crippen LogP contribution in [0.15, 0.2) is 11.4 Å². The molecule has 114 valence electrons. The van der Waals surface area contributed by atoms with E-state index in [9.17, 15) is 8.42 Å². The predicted molar refractivity (Wildman–Crippen MR) is 80.8 cm³/mol. The molecule has 0 aromatic carbocycles. The maximum absolute atomic E-state index is 12.2. The number of thiophene rings is 1. The van der Waals surface area contributed by atoms with Gasteiger partial charge in [-0.15, -0.1) is 11.3 Å². The van der Waals surface area contributed by atoms with Crippen LogP contribution in [-0.4, -0.2) is 37.5 Å². The van der Waals surface area contributed by atoms with Gasteiger partial charge in [-0.05, 0) is 42.2 Å². The van der Waals surface area contributed by atoms with E-state index in [-0.39, 0.29) is 12.5 Å². The smallest absolute Gasteiger partial charge is 0.279 e. The number of aliphatic hydroxyl groups is 1. The van der Waals surface area contributed by atoms with E-state index in [0.29, 0.717) is 19.6 Å². The van der Waals surface area contributed by atoms with E-state index in [2.05, 4.69) is 11.6 Å². The number of piperidine rings is 1. The van der Waals surface area contributed by atoms with Crippen molar-refractivity contribution in [1.82, 2.24) is 9.03 Å². The standard InChI is InChI=1S/C13H22N2O3S2/c1-2-12-5-8-19-13(12)9-14-20(17,18)15-6-3-11(10-16)4-7-15/h5,8,11,14,16H,2-4,6-7,9-10H2,1H3. The number of nitrogens with zero attached hydrogens (tertiary/aromatic N) is 1. The summed E-state index contributed by atoms with van der Waals surface area (Å²) >= 11 is 1.59. The molecule has 1 saturated heterocycles. The molecule has 2 heterocycles. The van der Waals surface area contributed by atoms with Crippen LogP contribution in [0.3, 0.4) is 0 Å². The molecule has 0 bridgehead atoms. The number of nitrogens with one attached hydrogen (secondary N) is 1. The largest absolute Gasteiger partial charge is 0.396 e. The van der Waals surface area contributed by atoms with Gasteiger partial charge in [-0.1, -0.05) is 6.92 Å². The van der Waals surface area contributed by atoms with Gasteiger partial charge in [-0.25, -0.2) is 0 Å². The zero-order chi connectivity index (χ0) is 14.6. The quantitative estimate of drug-likeness (QED) is 0.832. The van der Waals surface area contributed by atoms with Gasteiger partial charge in [0.1, 0.15) is 0 Å². The van der Waals surface area contributed by atoms with Crippen molar-refractivity contribution in [3.63, 3.8) is 0 Å². The van der Waals surface area contributed by atoms with Crippen LogP contribution < -0.4 is 4.72 Å². The summed E-state index contributed by atoms with van der Waals surface area (Å²) in [7, 11) is -3.41. The fraction of sp³-hybridized carbons (Fsp3) is 0.692. The summed E-state index contributed by atoms with van der Waals surface area (Å²) in [6.45, 7) is 3.57. The van der Waals surface area contributed by atoms with Gasteiger partial charge in [0.2, 0.25) is 0 Å². The lowest BCUT2D eigenvalue weighted by atomic mass is 10.00. The highest BCUT2D eigenvalue weighted by molar-refractivity contribution is 7.87. The minimum Gasteiger partial charge on any atom is -0.396 e. The normalized spacial score (nSPS) is 18.5. The van der Waals surface area contributed by atoms with Gasteiger partial charge in [-0.3, -0.25) is 0 Å². The Bertz CT molecular complexity index is 519. The van der Waals surface area contributed by atoms with Crippen LogP contribution in [0.2, 0.25) is 0 Å². The van der Waals surface area contributed by atoms with Gasteiger partial charge >= 0.3 is 0 Å². The first-order valence-corrected chi connectivity index (χ1v) is 9.29. The summed E-state index contributed by atoms with van der Waals surface area (Å²) in [5, 5.41) is 11.1. The number of hydrogen-bond acceptors (Lipinski definition) is 4. The Hall–Kier alpha value is -0.470. The summed E-state index contributed by atoms with van der Waals surface area (Å²) in [5.74, 6) is 0.241. The molecule has 1 aliphatic heterocycles. The van der Waals surface area contributed by atoms with Gasteiger partial charge in [-0.2, -0.15) is 17.4 Å². The van der Waals surface area contributed by atoms with Crippen molar-refractivity contribution in [3.05, 3.63) is 21.9 Å². The Kier molecular flexibility index (Phi) is 5.57. The number of hydrogen-bond donors (Lipinski definition) is 2. The van der Waals surface area contributed by atoms with Crippen molar-refractivity contribution < 1.29 is 13.5 Å². The minimum absolute atomic E-state index is 0.149. The van der Waals surface area contributed by atoms with E-state index < -0.39 is 10.2 Å². The van der Waals surface area contributed by atoms with Gasteiger partial charge in [0.05, 0.1) is 0 Å². The van der Waals surface area contributed by atoms with Crippen LogP contribution in [-0.2, 0) is 23.2 Å². The average Bonchev–Trinajstić information content (AvgIpc) is 2.93. The second kappa shape index (κ2) is 7.00. The maximum atomic E-state index is 12.2. The SMILES string of the molecule is CCc1ccsc1CNS(=O)(=O)N1CCC(CO)CC1. The Morgan fingerprint density at radius 2 is 2.15 bits per heavy atom. The highest BCUT2D eigenvalue weighted by Gasteiger charge is 2.27. The molecule has 0 aliphatic carbocycles. The van der Waals surface area contributed by atoms with Crippen LogP contribution in [0.25, 0.3) is 0 Å². The lowest BCUT2D eigenvalue weighted by Crippen LogP contribution is -2.45. The van der Waals surface area contributed by atoms with Gasteiger partial charge in [0.25, 0.3) is 10.2 Å². The van der Waals surface area contributed by atoms with Gasteiger partial charge in [0, 0.05) is 31.1 Å². The molecule has 2 rings (SSSR count). The Labute approximate surface area is 124 Å². The Morgan fingerprint density at radius 3 is 2.75 bits per heavy atom. The van der Waals surface area contributed by atoms with Crippen LogP contribution in [0.4, 0.5) is 0 Å². The first kappa shape index (κ1) is 15.9. The number of rotatable bonds is 6. The molecule has 20 heavy (non-hydrogen) atoms. The third-order valence-corrected chi connectivity index (χ3v) is 6.32. The summed E-state index contributed by atoms with van der Waals surface area (Å²) in [4.78, 5) is 1.08. The molecule has 1 aromatic heterocycles. The molecule has 0 saturated carbocycles. The van der Waals surface area contributed by atoms with Crippen molar-refractivity contribution in [1.29, 1.82) is 0 Å². The molecule has 0 amide bonds. The number of aryl methyl sites for hydroxylation is 1. The monoisotopic (exact) mass is 318 g/mol. The molecule has 0 spiro atoms. The van der Waals surface area contributed by atoms with Crippen LogP contribution in [0.5, 0.6) is 0 Å². The zero-order valence-electron chi connectivity index (χ0n) is 11.7.